The van der Waals surface area contributed by atoms with Crippen molar-refractivity contribution in [1.82, 2.24) is 4.98 Å². The van der Waals surface area contributed by atoms with Crippen LogP contribution in [0.25, 0.3) is 22.4 Å². The number of hydrogen-bond donors (Lipinski definition) is 1. The molecule has 3 heteroatoms. The highest BCUT2D eigenvalue weighted by molar-refractivity contribution is 5.84. The predicted molar refractivity (Wildman–Crippen MR) is 94.7 cm³/mol. The van der Waals surface area contributed by atoms with E-state index >= 15 is 0 Å². The molecule has 0 spiro atoms. The zero-order valence-electron chi connectivity index (χ0n) is 13.0. The molecule has 0 radical (unpaired) electrons. The lowest BCUT2D eigenvalue weighted by Crippen LogP contribution is -2.36. The number of nitrogens with zero attached hydrogens (tertiary/aromatic N) is 1. The first-order valence-corrected chi connectivity index (χ1v) is 8.08. The summed E-state index contributed by atoms with van der Waals surface area (Å²) in [5.74, 6) is 1.17. The Labute approximate surface area is 136 Å². The lowest BCUT2D eigenvalue weighted by Gasteiger charge is -2.27. The van der Waals surface area contributed by atoms with Crippen LogP contribution in [0.15, 0.2) is 66.7 Å². The van der Waals surface area contributed by atoms with E-state index in [1.54, 1.807) is 0 Å². The van der Waals surface area contributed by atoms with Gasteiger partial charge in [-0.1, -0.05) is 60.7 Å². The molecule has 2 heterocycles. The molecule has 0 aliphatic carbocycles. The van der Waals surface area contributed by atoms with Crippen molar-refractivity contribution >= 4 is 5.82 Å². The number of anilines is 1. The van der Waals surface area contributed by atoms with E-state index in [-0.39, 0.29) is 0 Å². The summed E-state index contributed by atoms with van der Waals surface area (Å²) in [6.07, 6.45) is 0. The number of benzene rings is 2. The second kappa shape index (κ2) is 6.31. The second-order valence-corrected chi connectivity index (χ2v) is 5.77. The van der Waals surface area contributed by atoms with Crippen LogP contribution < -0.4 is 4.90 Å². The molecule has 1 aliphatic rings. The van der Waals surface area contributed by atoms with Gasteiger partial charge in [0.25, 0.3) is 0 Å². The van der Waals surface area contributed by atoms with Crippen molar-refractivity contribution in [3.63, 3.8) is 0 Å². The lowest BCUT2D eigenvalue weighted by atomic mass is 10.0. The van der Waals surface area contributed by atoms with Crippen molar-refractivity contribution in [1.29, 1.82) is 0 Å². The van der Waals surface area contributed by atoms with Gasteiger partial charge in [-0.15, -0.1) is 0 Å². The number of hydrogen-bond acceptors (Lipinski definition) is 2. The largest absolute Gasteiger partial charge is 0.378 e. The summed E-state index contributed by atoms with van der Waals surface area (Å²) in [4.78, 5) is 6.00. The van der Waals surface area contributed by atoms with Crippen LogP contribution >= 0.6 is 0 Å². The Morgan fingerprint density at radius 3 is 2.04 bits per heavy atom. The SMILES string of the molecule is c1ccc(-c2cc(N3CCOCC3)[nH]c2-c2ccccc2)cc1. The first-order chi connectivity index (χ1) is 11.4. The number of aromatic nitrogens is 1. The molecule has 0 unspecified atom stereocenters. The van der Waals surface area contributed by atoms with Gasteiger partial charge in [0.05, 0.1) is 18.9 Å². The van der Waals surface area contributed by atoms with Crippen LogP contribution in [0.5, 0.6) is 0 Å². The van der Waals surface area contributed by atoms with Gasteiger partial charge in [0.1, 0.15) is 5.82 Å². The summed E-state index contributed by atoms with van der Waals surface area (Å²) in [6.45, 7) is 3.45. The van der Waals surface area contributed by atoms with Gasteiger partial charge in [0.15, 0.2) is 0 Å². The lowest BCUT2D eigenvalue weighted by molar-refractivity contribution is 0.122. The standard InChI is InChI=1S/C20H20N2O/c1-3-7-16(8-4-1)18-15-19(22-11-13-23-14-12-22)21-20(18)17-9-5-2-6-10-17/h1-10,15,21H,11-14H2. The molecule has 1 aliphatic heterocycles. The molecule has 0 saturated carbocycles. The molecule has 0 atom stereocenters. The van der Waals surface area contributed by atoms with Gasteiger partial charge in [-0.05, 0) is 17.2 Å². The number of morpholine rings is 1. The van der Waals surface area contributed by atoms with Gasteiger partial charge in [-0.3, -0.25) is 0 Å². The van der Waals surface area contributed by atoms with Gasteiger partial charge in [-0.2, -0.15) is 0 Å². The second-order valence-electron chi connectivity index (χ2n) is 5.77. The molecule has 3 aromatic rings. The molecule has 2 aromatic carbocycles. The summed E-state index contributed by atoms with van der Waals surface area (Å²) in [5.41, 5.74) is 4.88. The van der Waals surface area contributed by atoms with Crippen LogP contribution in [-0.4, -0.2) is 31.3 Å². The smallest absolute Gasteiger partial charge is 0.107 e. The van der Waals surface area contributed by atoms with Crippen molar-refractivity contribution in [2.24, 2.45) is 0 Å². The topological polar surface area (TPSA) is 28.3 Å². The quantitative estimate of drug-likeness (QED) is 0.786. The minimum atomic E-state index is 0.792. The fourth-order valence-corrected chi connectivity index (χ4v) is 3.09. The van der Waals surface area contributed by atoms with Gasteiger partial charge in [-0.25, -0.2) is 0 Å². The Bertz CT molecular complexity index is 702. The van der Waals surface area contributed by atoms with Gasteiger partial charge >= 0.3 is 0 Å². The Balaban J connectivity index is 1.81. The van der Waals surface area contributed by atoms with Crippen LogP contribution in [0.3, 0.4) is 0 Å². The maximum atomic E-state index is 5.47. The van der Waals surface area contributed by atoms with E-state index in [2.05, 4.69) is 76.6 Å². The van der Waals surface area contributed by atoms with Crippen LogP contribution in [0, 0.1) is 0 Å². The number of nitrogens with one attached hydrogen (secondary N) is 1. The number of rotatable bonds is 3. The van der Waals surface area contributed by atoms with E-state index in [0.717, 1.165) is 26.3 Å². The van der Waals surface area contributed by atoms with Crippen LogP contribution in [0.4, 0.5) is 5.82 Å². The first-order valence-electron chi connectivity index (χ1n) is 8.08. The summed E-state index contributed by atoms with van der Waals surface area (Å²) in [6, 6.07) is 23.4. The predicted octanol–water partition coefficient (Wildman–Crippen LogP) is 4.19. The Morgan fingerprint density at radius 2 is 1.39 bits per heavy atom. The van der Waals surface area contributed by atoms with E-state index in [0.29, 0.717) is 0 Å². The molecule has 0 amide bonds. The van der Waals surface area contributed by atoms with E-state index in [4.69, 9.17) is 4.74 Å². The molecule has 4 rings (SSSR count). The normalized spacial score (nSPS) is 14.9. The Kier molecular flexibility index (Phi) is 3.86. The van der Waals surface area contributed by atoms with E-state index < -0.39 is 0 Å². The monoisotopic (exact) mass is 304 g/mol. The third-order valence-electron chi connectivity index (χ3n) is 4.30. The zero-order valence-corrected chi connectivity index (χ0v) is 13.0. The molecule has 1 saturated heterocycles. The number of ether oxygens (including phenoxy) is 1. The Hall–Kier alpha value is -2.52. The average Bonchev–Trinajstić information content (AvgIpc) is 3.09. The summed E-state index contributed by atoms with van der Waals surface area (Å²) in [5, 5.41) is 0. The van der Waals surface area contributed by atoms with Gasteiger partial charge < -0.3 is 14.6 Å². The number of aromatic amines is 1. The average molecular weight is 304 g/mol. The maximum absolute atomic E-state index is 5.47. The fourth-order valence-electron chi connectivity index (χ4n) is 3.09. The highest BCUT2D eigenvalue weighted by Gasteiger charge is 2.17. The van der Waals surface area contributed by atoms with Gasteiger partial charge in [0.2, 0.25) is 0 Å². The highest BCUT2D eigenvalue weighted by atomic mass is 16.5. The molecule has 1 N–H and O–H groups in total. The Morgan fingerprint density at radius 1 is 0.783 bits per heavy atom. The van der Waals surface area contributed by atoms with Crippen molar-refractivity contribution in [3.8, 4) is 22.4 Å². The molecular formula is C20H20N2O. The molecule has 23 heavy (non-hydrogen) atoms. The van der Waals surface area contributed by atoms with Crippen molar-refractivity contribution in [3.05, 3.63) is 66.7 Å². The molecular weight excluding hydrogens is 284 g/mol. The van der Waals surface area contributed by atoms with E-state index in [1.165, 1.54) is 28.2 Å². The highest BCUT2D eigenvalue weighted by Crippen LogP contribution is 2.35. The molecule has 3 nitrogen and oxygen atoms in total. The minimum Gasteiger partial charge on any atom is -0.378 e. The third-order valence-corrected chi connectivity index (χ3v) is 4.30. The van der Waals surface area contributed by atoms with Crippen molar-refractivity contribution < 1.29 is 4.74 Å². The first kappa shape index (κ1) is 14.1. The summed E-state index contributed by atoms with van der Waals surface area (Å²) in [7, 11) is 0. The van der Waals surface area contributed by atoms with E-state index in [1.807, 2.05) is 0 Å². The summed E-state index contributed by atoms with van der Waals surface area (Å²) < 4.78 is 5.47. The van der Waals surface area contributed by atoms with Crippen LogP contribution in [0.2, 0.25) is 0 Å². The summed E-state index contributed by atoms with van der Waals surface area (Å²) >= 11 is 0. The molecule has 0 bridgehead atoms. The molecule has 1 fully saturated rings. The third kappa shape index (κ3) is 2.88. The maximum Gasteiger partial charge on any atom is 0.107 e. The molecule has 1 aromatic heterocycles. The zero-order chi connectivity index (χ0) is 15.5. The van der Waals surface area contributed by atoms with Crippen molar-refractivity contribution in [2.75, 3.05) is 31.2 Å². The van der Waals surface area contributed by atoms with Crippen LogP contribution in [-0.2, 0) is 4.74 Å². The van der Waals surface area contributed by atoms with E-state index in [9.17, 15) is 0 Å². The minimum absolute atomic E-state index is 0.792. The molecule has 116 valence electrons. The van der Waals surface area contributed by atoms with Crippen LogP contribution in [0.1, 0.15) is 0 Å². The fraction of sp³-hybridized carbons (Fsp3) is 0.200. The van der Waals surface area contributed by atoms with Gasteiger partial charge in [0, 0.05) is 18.7 Å². The van der Waals surface area contributed by atoms with Crippen molar-refractivity contribution in [2.45, 2.75) is 0 Å². The number of H-pyrrole nitrogens is 1.